The minimum atomic E-state index is 0.124. The first-order valence-corrected chi connectivity index (χ1v) is 16.5. The molecule has 2 aromatic carbocycles. The number of carbonyl (C=O) groups excluding carboxylic acids is 1. The predicted octanol–water partition coefficient (Wildman–Crippen LogP) is 9.42. The quantitative estimate of drug-likeness (QED) is 0.101. The molecule has 0 radical (unpaired) electrons. The molecule has 218 valence electrons. The summed E-state index contributed by atoms with van der Waals surface area (Å²) in [7, 11) is 0. The van der Waals surface area contributed by atoms with Crippen LogP contribution in [0, 0.1) is 6.92 Å². The Hall–Kier alpha value is -2.66. The van der Waals surface area contributed by atoms with Crippen molar-refractivity contribution in [3.63, 3.8) is 0 Å². The van der Waals surface area contributed by atoms with Gasteiger partial charge in [0.2, 0.25) is 11.4 Å². The highest BCUT2D eigenvalue weighted by Crippen LogP contribution is 2.22. The third-order valence-corrected chi connectivity index (χ3v) is 8.30. The standard InChI is InChI=1S/C35H51N2O2S/c1-4-6-7-8-9-10-11-12-13-14-15-16-24-39-34-19-17-18-32(25-34)28-37(35(38)5-2)33-22-20-31(21-23-33)27-36-26-30(3)40-29-36/h17-23,25-26,29H,4-16,24,27-28H2,1-3H3/q+1. The van der Waals surface area contributed by atoms with Crippen molar-refractivity contribution < 1.29 is 14.1 Å². The number of unbranched alkanes of at least 4 members (excludes halogenated alkanes) is 11. The number of hydrogen-bond acceptors (Lipinski definition) is 3. The highest BCUT2D eigenvalue weighted by Gasteiger charge is 2.16. The van der Waals surface area contributed by atoms with Gasteiger partial charge in [-0.25, -0.2) is 0 Å². The van der Waals surface area contributed by atoms with E-state index in [1.165, 1.54) is 81.1 Å². The number of nitrogens with zero attached hydrogens (tertiary/aromatic N) is 2. The Morgan fingerprint density at radius 3 is 2.08 bits per heavy atom. The summed E-state index contributed by atoms with van der Waals surface area (Å²) in [5.74, 6) is 1.02. The molecule has 0 spiro atoms. The summed E-state index contributed by atoms with van der Waals surface area (Å²) in [6, 6.07) is 16.6. The smallest absolute Gasteiger partial charge is 0.227 e. The van der Waals surface area contributed by atoms with Gasteiger partial charge in [-0.1, -0.05) is 120 Å². The SMILES string of the molecule is CCCCCCCCCCCCCCOc1cccc(CN(C(=O)CC)c2ccc(C[n+]3csc(C)c3)cc2)c1. The number of ether oxygens (including phenoxy) is 1. The van der Waals surface area contributed by atoms with Crippen LogP contribution < -0.4 is 14.2 Å². The van der Waals surface area contributed by atoms with Gasteiger partial charge in [0.25, 0.3) is 0 Å². The first-order chi connectivity index (χ1) is 19.6. The van der Waals surface area contributed by atoms with Crippen molar-refractivity contribution in [1.29, 1.82) is 0 Å². The highest BCUT2D eigenvalue weighted by molar-refractivity contribution is 7.09. The fraction of sp³-hybridized carbons (Fsp3) is 0.543. The Labute approximate surface area is 247 Å². The lowest BCUT2D eigenvalue weighted by atomic mass is 10.1. The Bertz CT molecular complexity index is 1110. The molecule has 0 atom stereocenters. The number of rotatable bonds is 20. The van der Waals surface area contributed by atoms with E-state index in [0.717, 1.165) is 36.6 Å². The van der Waals surface area contributed by atoms with E-state index < -0.39 is 0 Å². The molecule has 0 fully saturated rings. The van der Waals surface area contributed by atoms with Gasteiger partial charge in [0.15, 0.2) is 12.7 Å². The van der Waals surface area contributed by atoms with E-state index in [4.69, 9.17) is 4.74 Å². The second-order valence-electron chi connectivity index (χ2n) is 11.0. The van der Waals surface area contributed by atoms with Crippen molar-refractivity contribution in [2.75, 3.05) is 11.5 Å². The van der Waals surface area contributed by atoms with Crippen LogP contribution in [0.2, 0.25) is 0 Å². The molecule has 1 heterocycles. The third-order valence-electron chi connectivity index (χ3n) is 7.44. The molecule has 0 aliphatic rings. The van der Waals surface area contributed by atoms with Crippen molar-refractivity contribution in [1.82, 2.24) is 0 Å². The number of anilines is 1. The van der Waals surface area contributed by atoms with E-state index >= 15 is 0 Å². The number of aromatic nitrogens is 1. The highest BCUT2D eigenvalue weighted by atomic mass is 32.1. The Morgan fingerprint density at radius 1 is 0.825 bits per heavy atom. The maximum Gasteiger partial charge on any atom is 0.227 e. The van der Waals surface area contributed by atoms with Gasteiger partial charge in [0.1, 0.15) is 5.75 Å². The van der Waals surface area contributed by atoms with Crippen LogP contribution in [0.3, 0.4) is 0 Å². The summed E-state index contributed by atoms with van der Waals surface area (Å²) < 4.78 is 8.28. The lowest BCUT2D eigenvalue weighted by Crippen LogP contribution is -2.31. The molecule has 0 saturated heterocycles. The normalized spacial score (nSPS) is 11.1. The summed E-state index contributed by atoms with van der Waals surface area (Å²) in [5.41, 5.74) is 5.39. The fourth-order valence-electron chi connectivity index (χ4n) is 5.08. The third kappa shape index (κ3) is 11.8. The molecule has 1 amide bonds. The van der Waals surface area contributed by atoms with Gasteiger partial charge in [-0.2, -0.15) is 4.57 Å². The van der Waals surface area contributed by atoms with Crippen LogP contribution in [0.25, 0.3) is 0 Å². The van der Waals surface area contributed by atoms with Crippen molar-refractivity contribution in [2.45, 2.75) is 117 Å². The maximum absolute atomic E-state index is 12.9. The average Bonchev–Trinajstić information content (AvgIpc) is 3.38. The lowest BCUT2D eigenvalue weighted by Gasteiger charge is -2.23. The van der Waals surface area contributed by atoms with Crippen LogP contribution in [0.5, 0.6) is 5.75 Å². The molecule has 3 aromatic rings. The molecule has 1 aromatic heterocycles. The lowest BCUT2D eigenvalue weighted by molar-refractivity contribution is -0.683. The van der Waals surface area contributed by atoms with E-state index in [-0.39, 0.29) is 5.91 Å². The molecule has 5 heteroatoms. The van der Waals surface area contributed by atoms with Gasteiger partial charge in [-0.15, -0.1) is 0 Å². The minimum Gasteiger partial charge on any atom is -0.494 e. The summed E-state index contributed by atoms with van der Waals surface area (Å²) >= 11 is 1.75. The molecule has 0 saturated carbocycles. The molecule has 0 N–H and O–H groups in total. The molecule has 0 bridgehead atoms. The second kappa shape index (κ2) is 18.6. The number of carbonyl (C=O) groups is 1. The second-order valence-corrected chi connectivity index (χ2v) is 12.1. The predicted molar refractivity (Wildman–Crippen MR) is 169 cm³/mol. The summed E-state index contributed by atoms with van der Waals surface area (Å²) in [5, 5.41) is 0. The molecule has 0 aliphatic carbocycles. The molecule has 0 aliphatic heterocycles. The molecule has 3 rings (SSSR count). The number of hydrogen-bond donors (Lipinski definition) is 0. The van der Waals surface area contributed by atoms with Gasteiger partial charge < -0.3 is 9.64 Å². The monoisotopic (exact) mass is 563 g/mol. The van der Waals surface area contributed by atoms with Crippen molar-refractivity contribution in [3.8, 4) is 5.75 Å². The van der Waals surface area contributed by atoms with Gasteiger partial charge in [-0.05, 0) is 43.2 Å². The van der Waals surface area contributed by atoms with Crippen LogP contribution in [-0.4, -0.2) is 12.5 Å². The van der Waals surface area contributed by atoms with E-state index in [1.807, 2.05) is 24.0 Å². The average molecular weight is 564 g/mol. The van der Waals surface area contributed by atoms with Gasteiger partial charge in [-0.3, -0.25) is 4.79 Å². The number of amides is 1. The minimum absolute atomic E-state index is 0.124. The van der Waals surface area contributed by atoms with E-state index in [9.17, 15) is 4.79 Å². The van der Waals surface area contributed by atoms with Gasteiger partial charge in [0.05, 0.1) is 18.0 Å². The zero-order valence-corrected chi connectivity index (χ0v) is 26.0. The van der Waals surface area contributed by atoms with E-state index in [0.29, 0.717) is 13.0 Å². The molecular weight excluding hydrogens is 512 g/mol. The van der Waals surface area contributed by atoms with Gasteiger partial charge >= 0.3 is 0 Å². The number of benzene rings is 2. The Kier molecular flexibility index (Phi) is 14.9. The zero-order chi connectivity index (χ0) is 28.4. The first-order valence-electron chi connectivity index (χ1n) is 15.6. The van der Waals surface area contributed by atoms with Crippen LogP contribution in [-0.2, 0) is 17.9 Å². The van der Waals surface area contributed by atoms with E-state index in [2.05, 4.69) is 66.5 Å². The maximum atomic E-state index is 12.9. The Balaban J connectivity index is 1.40. The first kappa shape index (κ1) is 31.9. The molecule has 4 nitrogen and oxygen atoms in total. The van der Waals surface area contributed by atoms with Crippen LogP contribution >= 0.6 is 11.3 Å². The number of thiazole rings is 1. The van der Waals surface area contributed by atoms with Crippen molar-refractivity contribution in [2.24, 2.45) is 0 Å². The van der Waals surface area contributed by atoms with Crippen LogP contribution in [0.4, 0.5) is 5.69 Å². The van der Waals surface area contributed by atoms with Crippen LogP contribution in [0.1, 0.15) is 113 Å². The number of aryl methyl sites for hydroxylation is 1. The summed E-state index contributed by atoms with van der Waals surface area (Å²) in [6.45, 7) is 8.46. The molecule has 40 heavy (non-hydrogen) atoms. The van der Waals surface area contributed by atoms with E-state index in [1.54, 1.807) is 11.3 Å². The zero-order valence-electron chi connectivity index (χ0n) is 25.2. The topological polar surface area (TPSA) is 33.4 Å². The largest absolute Gasteiger partial charge is 0.494 e. The van der Waals surface area contributed by atoms with Crippen molar-refractivity contribution >= 4 is 22.9 Å². The van der Waals surface area contributed by atoms with Crippen molar-refractivity contribution in [3.05, 3.63) is 76.2 Å². The van der Waals surface area contributed by atoms with Crippen LogP contribution in [0.15, 0.2) is 60.2 Å². The summed E-state index contributed by atoms with van der Waals surface area (Å²) in [6.07, 6.45) is 18.8. The Morgan fingerprint density at radius 2 is 1.48 bits per heavy atom. The summed E-state index contributed by atoms with van der Waals surface area (Å²) in [4.78, 5) is 16.1. The molecule has 0 unspecified atom stereocenters. The fourth-order valence-corrected chi connectivity index (χ4v) is 5.72. The molecular formula is C35H51N2O2S+. The van der Waals surface area contributed by atoms with Gasteiger partial charge in [0, 0.05) is 17.7 Å².